The molecule has 2 nitrogen and oxygen atoms in total. The first-order chi connectivity index (χ1) is 8.29. The highest BCUT2D eigenvalue weighted by Gasteiger charge is 2.00. The molecule has 2 aromatic rings. The first-order valence-electron chi connectivity index (χ1n) is 5.78. The lowest BCUT2D eigenvalue weighted by Crippen LogP contribution is -1.91. The quantitative estimate of drug-likeness (QED) is 0.835. The van der Waals surface area contributed by atoms with Gasteiger partial charge in [0, 0.05) is 12.4 Å². The van der Waals surface area contributed by atoms with Crippen LogP contribution in [-0.4, -0.2) is 15.7 Å². The molecule has 0 aliphatic heterocycles. The molecule has 0 saturated heterocycles. The van der Waals surface area contributed by atoms with E-state index in [9.17, 15) is 0 Å². The number of hydrogen-bond donors (Lipinski definition) is 1. The zero-order valence-corrected chi connectivity index (χ0v) is 10.8. The van der Waals surface area contributed by atoms with Crippen molar-refractivity contribution in [2.75, 3.05) is 5.75 Å². The van der Waals surface area contributed by atoms with Crippen molar-refractivity contribution in [1.82, 2.24) is 9.97 Å². The molecule has 0 aromatic carbocycles. The van der Waals surface area contributed by atoms with E-state index in [1.165, 1.54) is 11.1 Å². The molecule has 3 heteroatoms. The molecule has 0 N–H and O–H groups in total. The van der Waals surface area contributed by atoms with Crippen molar-refractivity contribution in [3.63, 3.8) is 0 Å². The molecule has 17 heavy (non-hydrogen) atoms. The van der Waals surface area contributed by atoms with Gasteiger partial charge in [0.25, 0.3) is 0 Å². The fraction of sp³-hybridized carbons (Fsp3) is 0.286. The second-order valence-corrected chi connectivity index (χ2v) is 4.55. The lowest BCUT2D eigenvalue weighted by atomic mass is 10.1. The van der Waals surface area contributed by atoms with Gasteiger partial charge in [-0.3, -0.25) is 9.97 Å². The molecular formula is C14H16N2S. The van der Waals surface area contributed by atoms with Gasteiger partial charge in [0.2, 0.25) is 0 Å². The highest BCUT2D eigenvalue weighted by atomic mass is 32.1. The number of pyridine rings is 2. The minimum atomic E-state index is 0.918. The lowest BCUT2D eigenvalue weighted by molar-refractivity contribution is 0.927. The highest BCUT2D eigenvalue weighted by Crippen LogP contribution is 2.15. The summed E-state index contributed by atoms with van der Waals surface area (Å²) < 4.78 is 0. The van der Waals surface area contributed by atoms with E-state index in [2.05, 4.69) is 34.7 Å². The van der Waals surface area contributed by atoms with Gasteiger partial charge in [-0.05, 0) is 48.8 Å². The van der Waals surface area contributed by atoms with Crippen molar-refractivity contribution in [3.05, 3.63) is 47.8 Å². The van der Waals surface area contributed by atoms with Crippen LogP contribution in [0.1, 0.15) is 17.5 Å². The molecule has 0 unspecified atom stereocenters. The summed E-state index contributed by atoms with van der Waals surface area (Å²) in [5.74, 6) is 0.918. The number of aromatic nitrogens is 2. The number of nitrogens with zero attached hydrogens (tertiary/aromatic N) is 2. The summed E-state index contributed by atoms with van der Waals surface area (Å²) >= 11 is 4.21. The predicted molar refractivity (Wildman–Crippen MR) is 74.4 cm³/mol. The number of aryl methyl sites for hydroxylation is 2. The zero-order chi connectivity index (χ0) is 12.1. The van der Waals surface area contributed by atoms with Crippen molar-refractivity contribution in [3.8, 4) is 11.4 Å². The second kappa shape index (κ2) is 5.82. The van der Waals surface area contributed by atoms with E-state index >= 15 is 0 Å². The monoisotopic (exact) mass is 244 g/mol. The zero-order valence-electron chi connectivity index (χ0n) is 9.93. The average molecular weight is 244 g/mol. The maximum Gasteiger partial charge on any atom is 0.0886 e. The van der Waals surface area contributed by atoms with Crippen LogP contribution >= 0.6 is 12.6 Å². The standard InChI is InChI=1S/C14H16N2S/c1-11-4-6-13(15-9-11)14-7-5-12(10-16-14)3-2-8-17/h4-7,9-10,17H,2-3,8H2,1H3. The number of thiol groups is 1. The molecule has 0 atom stereocenters. The van der Waals surface area contributed by atoms with E-state index in [0.717, 1.165) is 30.0 Å². The van der Waals surface area contributed by atoms with Gasteiger partial charge in [0.15, 0.2) is 0 Å². The van der Waals surface area contributed by atoms with Crippen molar-refractivity contribution in [1.29, 1.82) is 0 Å². The summed E-state index contributed by atoms with van der Waals surface area (Å²) in [6.45, 7) is 2.03. The highest BCUT2D eigenvalue weighted by molar-refractivity contribution is 7.80. The molecule has 88 valence electrons. The van der Waals surface area contributed by atoms with Gasteiger partial charge in [-0.25, -0.2) is 0 Å². The Kier molecular flexibility index (Phi) is 4.15. The SMILES string of the molecule is Cc1ccc(-c2ccc(CCCS)cn2)nc1. The van der Waals surface area contributed by atoms with Crippen molar-refractivity contribution in [2.45, 2.75) is 19.8 Å². The fourth-order valence-corrected chi connectivity index (χ4v) is 1.78. The van der Waals surface area contributed by atoms with Crippen LogP contribution in [0.5, 0.6) is 0 Å². The predicted octanol–water partition coefficient (Wildman–Crippen LogP) is 3.31. The summed E-state index contributed by atoms with van der Waals surface area (Å²) in [4.78, 5) is 8.81. The van der Waals surface area contributed by atoms with E-state index in [-0.39, 0.29) is 0 Å². The van der Waals surface area contributed by atoms with Crippen LogP contribution in [0.25, 0.3) is 11.4 Å². The van der Waals surface area contributed by atoms with Gasteiger partial charge >= 0.3 is 0 Å². The smallest absolute Gasteiger partial charge is 0.0886 e. The Hall–Kier alpha value is -1.35. The summed E-state index contributed by atoms with van der Waals surface area (Å²) in [5.41, 5.74) is 4.28. The summed E-state index contributed by atoms with van der Waals surface area (Å²) in [5, 5.41) is 0. The van der Waals surface area contributed by atoms with Crippen LogP contribution < -0.4 is 0 Å². The largest absolute Gasteiger partial charge is 0.254 e. The minimum absolute atomic E-state index is 0.918. The topological polar surface area (TPSA) is 25.8 Å². The molecule has 0 radical (unpaired) electrons. The lowest BCUT2D eigenvalue weighted by Gasteiger charge is -2.02. The molecule has 2 heterocycles. The van der Waals surface area contributed by atoms with Crippen LogP contribution in [0, 0.1) is 6.92 Å². The Labute approximate surface area is 108 Å². The van der Waals surface area contributed by atoms with Gasteiger partial charge < -0.3 is 0 Å². The number of rotatable bonds is 4. The second-order valence-electron chi connectivity index (χ2n) is 4.10. The molecule has 0 bridgehead atoms. The summed E-state index contributed by atoms with van der Waals surface area (Å²) in [6.07, 6.45) is 5.93. The Morgan fingerprint density at radius 1 is 1.00 bits per heavy atom. The van der Waals surface area contributed by atoms with Gasteiger partial charge in [-0.15, -0.1) is 0 Å². The molecule has 0 saturated carbocycles. The minimum Gasteiger partial charge on any atom is -0.254 e. The van der Waals surface area contributed by atoms with Crippen LogP contribution in [0.3, 0.4) is 0 Å². The van der Waals surface area contributed by atoms with Gasteiger partial charge in [0.1, 0.15) is 0 Å². The summed E-state index contributed by atoms with van der Waals surface area (Å²) in [7, 11) is 0. The van der Waals surface area contributed by atoms with Crippen molar-refractivity contribution < 1.29 is 0 Å². The molecule has 2 aromatic heterocycles. The van der Waals surface area contributed by atoms with Crippen molar-refractivity contribution in [2.24, 2.45) is 0 Å². The number of hydrogen-bond acceptors (Lipinski definition) is 3. The van der Waals surface area contributed by atoms with E-state index in [0.29, 0.717) is 0 Å². The van der Waals surface area contributed by atoms with Crippen LogP contribution in [0.15, 0.2) is 36.7 Å². The third-order valence-electron chi connectivity index (χ3n) is 2.62. The molecule has 0 amide bonds. The van der Waals surface area contributed by atoms with E-state index in [1.54, 1.807) is 0 Å². The molecule has 2 rings (SSSR count). The fourth-order valence-electron chi connectivity index (χ4n) is 1.63. The molecule has 0 fully saturated rings. The maximum absolute atomic E-state index is 4.44. The van der Waals surface area contributed by atoms with Crippen molar-refractivity contribution >= 4 is 12.6 Å². The normalized spacial score (nSPS) is 10.5. The first kappa shape index (κ1) is 12.1. The maximum atomic E-state index is 4.44. The molecule has 0 aliphatic carbocycles. The Balaban J connectivity index is 2.14. The van der Waals surface area contributed by atoms with Gasteiger partial charge in [-0.2, -0.15) is 12.6 Å². The summed E-state index contributed by atoms with van der Waals surface area (Å²) in [6, 6.07) is 8.21. The average Bonchev–Trinajstić information content (AvgIpc) is 2.38. The first-order valence-corrected chi connectivity index (χ1v) is 6.41. The molecular weight excluding hydrogens is 228 g/mol. The van der Waals surface area contributed by atoms with Crippen LogP contribution in [-0.2, 0) is 6.42 Å². The van der Waals surface area contributed by atoms with Crippen LogP contribution in [0.4, 0.5) is 0 Å². The Morgan fingerprint density at radius 2 is 1.71 bits per heavy atom. The van der Waals surface area contributed by atoms with Gasteiger partial charge in [-0.1, -0.05) is 12.1 Å². The van der Waals surface area contributed by atoms with Crippen LogP contribution in [0.2, 0.25) is 0 Å². The third-order valence-corrected chi connectivity index (χ3v) is 2.94. The molecule has 0 aliphatic rings. The van der Waals surface area contributed by atoms with E-state index in [4.69, 9.17) is 0 Å². The van der Waals surface area contributed by atoms with Gasteiger partial charge in [0.05, 0.1) is 11.4 Å². The Morgan fingerprint density at radius 3 is 2.24 bits per heavy atom. The molecule has 0 spiro atoms. The Bertz CT molecular complexity index is 463. The third kappa shape index (κ3) is 3.30. The van der Waals surface area contributed by atoms with E-state index in [1.807, 2.05) is 31.5 Å². The van der Waals surface area contributed by atoms with E-state index < -0.39 is 0 Å².